The summed E-state index contributed by atoms with van der Waals surface area (Å²) < 4.78 is 13.2. The van der Waals surface area contributed by atoms with Gasteiger partial charge >= 0.3 is 0 Å². The minimum Gasteiger partial charge on any atom is -0.496 e. The maximum Gasteiger partial charge on any atom is 0.268 e. The summed E-state index contributed by atoms with van der Waals surface area (Å²) in [7, 11) is 1.60. The molecule has 200 valence electrons. The number of aromatic nitrogens is 2. The third-order valence-electron chi connectivity index (χ3n) is 6.02. The predicted molar refractivity (Wildman–Crippen MR) is 156 cm³/mol. The molecule has 2 aromatic heterocycles. The van der Waals surface area contributed by atoms with E-state index in [4.69, 9.17) is 14.3 Å². The summed E-state index contributed by atoms with van der Waals surface area (Å²) in [6, 6.07) is 27.5. The number of amides is 2. The van der Waals surface area contributed by atoms with Crippen molar-refractivity contribution in [2.24, 2.45) is 0 Å². The van der Waals surface area contributed by atoms with Crippen molar-refractivity contribution >= 4 is 33.8 Å². The maximum atomic E-state index is 13.4. The van der Waals surface area contributed by atoms with Gasteiger partial charge in [0.15, 0.2) is 0 Å². The Bertz CT molecular complexity index is 1650. The Morgan fingerprint density at radius 1 is 1.00 bits per heavy atom. The number of carbonyl (C=O) groups excluding carboxylic acids is 2. The molecule has 2 heterocycles. The number of hydrogen-bond donors (Lipinski definition) is 2. The molecule has 3 aromatic carbocycles. The fraction of sp³-hybridized carbons (Fsp3) is 0.0645. The number of para-hydroxylation sites is 1. The molecule has 0 fully saturated rings. The minimum absolute atomic E-state index is 0.0573. The van der Waals surface area contributed by atoms with Gasteiger partial charge in [-0.15, -0.1) is 0 Å². The first kappa shape index (κ1) is 26.7. The van der Waals surface area contributed by atoms with E-state index < -0.39 is 11.8 Å². The van der Waals surface area contributed by atoms with Crippen LogP contribution in [-0.2, 0) is 11.3 Å². The van der Waals surface area contributed by atoms with Crippen LogP contribution >= 0.6 is 15.9 Å². The lowest BCUT2D eigenvalue weighted by atomic mass is 10.1. The van der Waals surface area contributed by atoms with Gasteiger partial charge in [-0.3, -0.25) is 9.59 Å². The summed E-state index contributed by atoms with van der Waals surface area (Å²) >= 11 is 3.55. The smallest absolute Gasteiger partial charge is 0.268 e. The van der Waals surface area contributed by atoms with Gasteiger partial charge < -0.3 is 19.8 Å². The van der Waals surface area contributed by atoms with E-state index in [9.17, 15) is 9.59 Å². The first-order valence-electron chi connectivity index (χ1n) is 12.4. The Kier molecular flexibility index (Phi) is 8.22. The Morgan fingerprint density at radius 2 is 1.75 bits per heavy atom. The first-order valence-corrected chi connectivity index (χ1v) is 13.2. The van der Waals surface area contributed by atoms with Gasteiger partial charge in [0.2, 0.25) is 0 Å². The monoisotopic (exact) mass is 596 g/mol. The Labute approximate surface area is 239 Å². The average Bonchev–Trinajstić information content (AvgIpc) is 3.67. The zero-order valence-corrected chi connectivity index (χ0v) is 23.1. The van der Waals surface area contributed by atoms with E-state index in [1.165, 1.54) is 6.26 Å². The lowest BCUT2D eigenvalue weighted by Gasteiger charge is -2.11. The summed E-state index contributed by atoms with van der Waals surface area (Å²) in [4.78, 5) is 26.5. The largest absolute Gasteiger partial charge is 0.496 e. The highest BCUT2D eigenvalue weighted by Gasteiger charge is 2.19. The zero-order valence-electron chi connectivity index (χ0n) is 21.5. The van der Waals surface area contributed by atoms with Gasteiger partial charge in [0.25, 0.3) is 11.8 Å². The van der Waals surface area contributed by atoms with Crippen LogP contribution < -0.4 is 15.4 Å². The first-order chi connectivity index (χ1) is 19.5. The molecule has 0 saturated heterocycles. The van der Waals surface area contributed by atoms with E-state index in [1.807, 2.05) is 60.8 Å². The van der Waals surface area contributed by atoms with Crippen LogP contribution in [0.5, 0.6) is 5.75 Å². The van der Waals surface area contributed by atoms with Crippen molar-refractivity contribution in [1.82, 2.24) is 20.4 Å². The molecule has 5 rings (SSSR count). The standard InChI is InChI=1S/C31H25BrN4O4/c1-39-28-15-14-22(17-26(28)32)29-23(20-36(35-29)24-11-6-3-7-12-24)18-27(31(38)33-19-25-13-8-16-40-25)34-30(37)21-9-4-2-5-10-21/h2-18,20H,19H2,1H3,(H,33,38)(H,34,37). The molecule has 2 amide bonds. The van der Waals surface area contributed by atoms with Gasteiger partial charge in [-0.25, -0.2) is 4.68 Å². The molecule has 9 heteroatoms. The summed E-state index contributed by atoms with van der Waals surface area (Å²) in [6.45, 7) is 0.159. The third kappa shape index (κ3) is 6.22. The van der Waals surface area contributed by atoms with Crippen molar-refractivity contribution in [3.8, 4) is 22.7 Å². The van der Waals surface area contributed by atoms with Crippen molar-refractivity contribution in [1.29, 1.82) is 0 Å². The fourth-order valence-corrected chi connectivity index (χ4v) is 4.56. The normalized spacial score (nSPS) is 11.2. The van der Waals surface area contributed by atoms with Crippen LogP contribution in [0.25, 0.3) is 23.0 Å². The number of ether oxygens (including phenoxy) is 1. The molecule has 2 N–H and O–H groups in total. The predicted octanol–water partition coefficient (Wildman–Crippen LogP) is 5.99. The molecule has 0 atom stereocenters. The average molecular weight is 597 g/mol. The number of nitrogens with one attached hydrogen (secondary N) is 2. The van der Waals surface area contributed by atoms with E-state index in [1.54, 1.807) is 54.3 Å². The van der Waals surface area contributed by atoms with Gasteiger partial charge in [-0.2, -0.15) is 5.10 Å². The second kappa shape index (κ2) is 12.3. The summed E-state index contributed by atoms with van der Waals surface area (Å²) in [5.74, 6) is 0.374. The molecule has 8 nitrogen and oxygen atoms in total. The number of benzene rings is 3. The number of rotatable bonds is 9. The Hall–Kier alpha value is -4.89. The number of nitrogens with zero attached hydrogens (tertiary/aromatic N) is 2. The van der Waals surface area contributed by atoms with Crippen LogP contribution in [-0.4, -0.2) is 28.7 Å². The molecule has 0 aliphatic heterocycles. The quantitative estimate of drug-likeness (QED) is 0.204. The molecule has 0 radical (unpaired) electrons. The second-order valence-electron chi connectivity index (χ2n) is 8.70. The van der Waals surface area contributed by atoms with Crippen molar-refractivity contribution < 1.29 is 18.7 Å². The summed E-state index contributed by atoms with van der Waals surface area (Å²) in [6.07, 6.45) is 4.97. The van der Waals surface area contributed by atoms with E-state index in [0.29, 0.717) is 28.3 Å². The van der Waals surface area contributed by atoms with E-state index in [-0.39, 0.29) is 12.2 Å². The number of hydrogen-bond acceptors (Lipinski definition) is 5. The fourth-order valence-electron chi connectivity index (χ4n) is 4.02. The highest BCUT2D eigenvalue weighted by atomic mass is 79.9. The van der Waals surface area contributed by atoms with E-state index in [2.05, 4.69) is 26.6 Å². The summed E-state index contributed by atoms with van der Waals surface area (Å²) in [5, 5.41) is 10.4. The van der Waals surface area contributed by atoms with Crippen LogP contribution in [0.2, 0.25) is 0 Å². The van der Waals surface area contributed by atoms with Crippen molar-refractivity contribution in [2.75, 3.05) is 7.11 Å². The third-order valence-corrected chi connectivity index (χ3v) is 6.64. The number of halogens is 1. The highest BCUT2D eigenvalue weighted by molar-refractivity contribution is 9.10. The number of furan rings is 1. The zero-order chi connectivity index (χ0) is 27.9. The SMILES string of the molecule is COc1ccc(-c2nn(-c3ccccc3)cc2C=C(NC(=O)c2ccccc2)C(=O)NCc2ccco2)cc1Br. The van der Waals surface area contributed by atoms with Gasteiger partial charge in [-0.1, -0.05) is 36.4 Å². The summed E-state index contributed by atoms with van der Waals surface area (Å²) in [5.41, 5.74) is 3.34. The van der Waals surface area contributed by atoms with Crippen LogP contribution in [0.4, 0.5) is 0 Å². The Morgan fingerprint density at radius 3 is 2.42 bits per heavy atom. The number of methoxy groups -OCH3 is 1. The molecule has 0 aliphatic rings. The molecular formula is C31H25BrN4O4. The van der Waals surface area contributed by atoms with Crippen LogP contribution in [0.1, 0.15) is 21.7 Å². The van der Waals surface area contributed by atoms with Crippen molar-refractivity contribution in [2.45, 2.75) is 6.54 Å². The van der Waals surface area contributed by atoms with Gasteiger partial charge in [-0.05, 0) is 76.6 Å². The van der Waals surface area contributed by atoms with Crippen LogP contribution in [0.15, 0.2) is 118 Å². The molecule has 5 aromatic rings. The topological polar surface area (TPSA) is 98.4 Å². The molecule has 0 spiro atoms. The minimum atomic E-state index is -0.477. The molecule has 0 unspecified atom stereocenters. The molecule has 0 aliphatic carbocycles. The van der Waals surface area contributed by atoms with Crippen molar-refractivity contribution in [3.63, 3.8) is 0 Å². The van der Waals surface area contributed by atoms with Gasteiger partial charge in [0, 0.05) is 22.9 Å². The molecule has 0 bridgehead atoms. The maximum absolute atomic E-state index is 13.4. The van der Waals surface area contributed by atoms with Crippen LogP contribution in [0, 0.1) is 0 Å². The van der Waals surface area contributed by atoms with Crippen LogP contribution in [0.3, 0.4) is 0 Å². The van der Waals surface area contributed by atoms with Gasteiger partial charge in [0.05, 0.1) is 30.1 Å². The second-order valence-corrected chi connectivity index (χ2v) is 9.56. The van der Waals surface area contributed by atoms with E-state index >= 15 is 0 Å². The lowest BCUT2D eigenvalue weighted by molar-refractivity contribution is -0.118. The number of carbonyl (C=O) groups is 2. The lowest BCUT2D eigenvalue weighted by Crippen LogP contribution is -2.34. The molecule has 40 heavy (non-hydrogen) atoms. The molecule has 0 saturated carbocycles. The van der Waals surface area contributed by atoms with Crippen molar-refractivity contribution in [3.05, 3.63) is 131 Å². The van der Waals surface area contributed by atoms with E-state index in [0.717, 1.165) is 15.7 Å². The Balaban J connectivity index is 1.58. The van der Waals surface area contributed by atoms with Gasteiger partial charge in [0.1, 0.15) is 22.9 Å². The molecular weight excluding hydrogens is 572 g/mol. The highest BCUT2D eigenvalue weighted by Crippen LogP contribution is 2.32.